The van der Waals surface area contributed by atoms with Crippen LogP contribution in [0.1, 0.15) is 17.9 Å². The second kappa shape index (κ2) is 4.26. The number of nitriles is 1. The molecule has 0 amide bonds. The molecule has 1 aromatic rings. The van der Waals surface area contributed by atoms with Crippen molar-refractivity contribution < 1.29 is 0 Å². The monoisotopic (exact) mass is 186 g/mol. The normalized spacial score (nSPS) is 17.4. The van der Waals surface area contributed by atoms with E-state index in [1.54, 1.807) is 0 Å². The zero-order valence-electron chi connectivity index (χ0n) is 8.19. The lowest BCUT2D eigenvalue weighted by Gasteiger charge is -2.39. The van der Waals surface area contributed by atoms with Gasteiger partial charge in [-0.15, -0.1) is 0 Å². The molecule has 14 heavy (non-hydrogen) atoms. The fourth-order valence-corrected chi connectivity index (χ4v) is 1.90. The van der Waals surface area contributed by atoms with Crippen LogP contribution in [0.25, 0.3) is 0 Å². The van der Waals surface area contributed by atoms with Crippen LogP contribution in [0.5, 0.6) is 0 Å². The number of likely N-dealkylation sites (tertiary alicyclic amines) is 1. The molecule has 0 aromatic heterocycles. The summed E-state index contributed by atoms with van der Waals surface area (Å²) in [7, 11) is 0. The molecule has 1 heterocycles. The van der Waals surface area contributed by atoms with Gasteiger partial charge in [-0.25, -0.2) is 0 Å². The number of nitrogens with zero attached hydrogens (tertiary/aromatic N) is 2. The van der Waals surface area contributed by atoms with Gasteiger partial charge in [0.1, 0.15) is 0 Å². The van der Waals surface area contributed by atoms with Crippen LogP contribution < -0.4 is 0 Å². The van der Waals surface area contributed by atoms with Crippen LogP contribution in [0.2, 0.25) is 0 Å². The maximum atomic E-state index is 8.44. The Kier molecular flexibility index (Phi) is 2.81. The molecular formula is C12H14N2. The lowest BCUT2D eigenvalue weighted by Crippen LogP contribution is -2.45. The Morgan fingerprint density at radius 2 is 2.00 bits per heavy atom. The first-order chi connectivity index (χ1) is 6.90. The highest BCUT2D eigenvalue weighted by Gasteiger charge is 2.26. The maximum Gasteiger partial charge on any atom is 0.0635 e. The van der Waals surface area contributed by atoms with Gasteiger partial charge in [0.05, 0.1) is 6.07 Å². The third kappa shape index (κ3) is 1.94. The van der Waals surface area contributed by atoms with Gasteiger partial charge < -0.3 is 4.90 Å². The highest BCUT2D eigenvalue weighted by molar-refractivity contribution is 5.22. The Morgan fingerprint density at radius 3 is 2.64 bits per heavy atom. The first-order valence-electron chi connectivity index (χ1n) is 5.04. The standard InChI is InChI=1S/C12H14N2/c13-7-4-8-14-9-12(10-14)11-5-2-1-3-6-11/h1-3,5-6,12H,4,8-10H2. The van der Waals surface area contributed by atoms with Crippen molar-refractivity contribution in [1.82, 2.24) is 4.90 Å². The fraction of sp³-hybridized carbons (Fsp3) is 0.417. The van der Waals surface area contributed by atoms with Crippen LogP contribution in [0.3, 0.4) is 0 Å². The van der Waals surface area contributed by atoms with Crippen LogP contribution >= 0.6 is 0 Å². The van der Waals surface area contributed by atoms with Gasteiger partial charge in [0.2, 0.25) is 0 Å². The molecule has 0 N–H and O–H groups in total. The zero-order chi connectivity index (χ0) is 9.80. The Hall–Kier alpha value is -1.33. The van der Waals surface area contributed by atoms with Gasteiger partial charge in [0.25, 0.3) is 0 Å². The minimum Gasteiger partial charge on any atom is -0.301 e. The van der Waals surface area contributed by atoms with Gasteiger partial charge >= 0.3 is 0 Å². The molecule has 1 aromatic carbocycles. The molecular weight excluding hydrogens is 172 g/mol. The summed E-state index contributed by atoms with van der Waals surface area (Å²) in [5.41, 5.74) is 1.43. The first kappa shape index (κ1) is 9.23. The highest BCUT2D eigenvalue weighted by atomic mass is 15.2. The van der Waals surface area contributed by atoms with Gasteiger partial charge in [-0.2, -0.15) is 5.26 Å². The molecule has 0 atom stereocenters. The highest BCUT2D eigenvalue weighted by Crippen LogP contribution is 2.26. The Bertz CT molecular complexity index is 320. The largest absolute Gasteiger partial charge is 0.301 e. The van der Waals surface area contributed by atoms with E-state index < -0.39 is 0 Å². The van der Waals surface area contributed by atoms with E-state index in [1.807, 2.05) is 0 Å². The zero-order valence-corrected chi connectivity index (χ0v) is 8.19. The summed E-state index contributed by atoms with van der Waals surface area (Å²) in [6.07, 6.45) is 0.654. The molecule has 0 aliphatic carbocycles. The van der Waals surface area contributed by atoms with E-state index in [0.29, 0.717) is 12.3 Å². The number of rotatable bonds is 3. The summed E-state index contributed by atoms with van der Waals surface area (Å²) >= 11 is 0. The lowest BCUT2D eigenvalue weighted by molar-refractivity contribution is 0.152. The molecule has 2 nitrogen and oxygen atoms in total. The molecule has 0 spiro atoms. The third-order valence-corrected chi connectivity index (χ3v) is 2.77. The van der Waals surface area contributed by atoms with E-state index in [2.05, 4.69) is 41.3 Å². The summed E-state index contributed by atoms with van der Waals surface area (Å²) < 4.78 is 0. The van der Waals surface area contributed by atoms with Crippen molar-refractivity contribution in [3.05, 3.63) is 35.9 Å². The molecule has 0 saturated carbocycles. The molecule has 2 rings (SSSR count). The van der Waals surface area contributed by atoms with Gasteiger partial charge in [-0.1, -0.05) is 30.3 Å². The van der Waals surface area contributed by atoms with Crippen LogP contribution in [0.15, 0.2) is 30.3 Å². The average molecular weight is 186 g/mol. The topological polar surface area (TPSA) is 27.0 Å². The van der Waals surface area contributed by atoms with Crippen LogP contribution in [0.4, 0.5) is 0 Å². The number of hydrogen-bond donors (Lipinski definition) is 0. The summed E-state index contributed by atoms with van der Waals surface area (Å²) in [6, 6.07) is 12.8. The minimum atomic E-state index is 0.654. The van der Waals surface area contributed by atoms with Gasteiger partial charge in [0, 0.05) is 32.0 Å². The molecule has 1 fully saturated rings. The number of hydrogen-bond acceptors (Lipinski definition) is 2. The molecule has 0 unspecified atom stereocenters. The van der Waals surface area contributed by atoms with Crippen molar-refractivity contribution >= 4 is 0 Å². The molecule has 0 bridgehead atoms. The molecule has 72 valence electrons. The smallest absolute Gasteiger partial charge is 0.0635 e. The molecule has 1 saturated heterocycles. The van der Waals surface area contributed by atoms with E-state index in [4.69, 9.17) is 5.26 Å². The van der Waals surface area contributed by atoms with E-state index >= 15 is 0 Å². The van der Waals surface area contributed by atoms with Crippen molar-refractivity contribution in [2.75, 3.05) is 19.6 Å². The van der Waals surface area contributed by atoms with E-state index in [1.165, 1.54) is 5.56 Å². The third-order valence-electron chi connectivity index (χ3n) is 2.77. The second-order valence-electron chi connectivity index (χ2n) is 3.78. The minimum absolute atomic E-state index is 0.654. The molecule has 1 aliphatic rings. The van der Waals surface area contributed by atoms with Crippen molar-refractivity contribution in [2.24, 2.45) is 0 Å². The van der Waals surface area contributed by atoms with E-state index in [0.717, 1.165) is 19.6 Å². The summed E-state index contributed by atoms with van der Waals surface area (Å²) in [6.45, 7) is 3.16. The van der Waals surface area contributed by atoms with Crippen molar-refractivity contribution in [1.29, 1.82) is 5.26 Å². The first-order valence-corrected chi connectivity index (χ1v) is 5.04. The van der Waals surface area contributed by atoms with Crippen LogP contribution in [-0.4, -0.2) is 24.5 Å². The second-order valence-corrected chi connectivity index (χ2v) is 3.78. The SMILES string of the molecule is N#CCCN1CC(c2ccccc2)C1. The van der Waals surface area contributed by atoms with Crippen molar-refractivity contribution in [3.8, 4) is 6.07 Å². The Morgan fingerprint density at radius 1 is 1.29 bits per heavy atom. The van der Waals surface area contributed by atoms with Crippen LogP contribution in [-0.2, 0) is 0 Å². The Labute approximate surface area is 84.8 Å². The summed E-state index contributed by atoms with van der Waals surface area (Å²) in [4.78, 5) is 2.33. The molecule has 1 aliphatic heterocycles. The van der Waals surface area contributed by atoms with Crippen LogP contribution in [0, 0.1) is 11.3 Å². The fourth-order valence-electron chi connectivity index (χ4n) is 1.90. The summed E-state index contributed by atoms with van der Waals surface area (Å²) in [5, 5.41) is 8.44. The lowest BCUT2D eigenvalue weighted by atomic mass is 9.91. The predicted molar refractivity (Wildman–Crippen MR) is 55.9 cm³/mol. The van der Waals surface area contributed by atoms with Crippen molar-refractivity contribution in [2.45, 2.75) is 12.3 Å². The van der Waals surface area contributed by atoms with Crippen molar-refractivity contribution in [3.63, 3.8) is 0 Å². The molecule has 2 heteroatoms. The summed E-state index contributed by atoms with van der Waals surface area (Å²) in [5.74, 6) is 0.690. The molecule has 0 radical (unpaired) electrons. The predicted octanol–water partition coefficient (Wildman–Crippen LogP) is 2.00. The quantitative estimate of drug-likeness (QED) is 0.722. The number of benzene rings is 1. The van der Waals surface area contributed by atoms with Gasteiger partial charge in [-0.3, -0.25) is 0 Å². The van der Waals surface area contributed by atoms with E-state index in [-0.39, 0.29) is 0 Å². The maximum absolute atomic E-state index is 8.44. The van der Waals surface area contributed by atoms with E-state index in [9.17, 15) is 0 Å². The average Bonchev–Trinajstić information content (AvgIpc) is 2.17. The Balaban J connectivity index is 1.81. The van der Waals surface area contributed by atoms with Gasteiger partial charge in [-0.05, 0) is 5.56 Å². The van der Waals surface area contributed by atoms with Gasteiger partial charge in [0.15, 0.2) is 0 Å².